The molecule has 0 aromatic rings. The lowest BCUT2D eigenvalue weighted by Crippen LogP contribution is -2.54. The van der Waals surface area contributed by atoms with E-state index in [9.17, 15) is 9.90 Å². The molecular formula is C12H24N2O3. The molecule has 0 radical (unpaired) electrons. The van der Waals surface area contributed by atoms with E-state index in [0.29, 0.717) is 19.5 Å². The van der Waals surface area contributed by atoms with Gasteiger partial charge in [-0.1, -0.05) is 0 Å². The van der Waals surface area contributed by atoms with Gasteiger partial charge >= 0.3 is 6.09 Å². The van der Waals surface area contributed by atoms with E-state index in [4.69, 9.17) is 4.74 Å². The van der Waals surface area contributed by atoms with Crippen LogP contribution in [0, 0.1) is 0 Å². The van der Waals surface area contributed by atoms with Crippen LogP contribution in [0.1, 0.15) is 34.1 Å². The zero-order valence-corrected chi connectivity index (χ0v) is 11.2. The maximum atomic E-state index is 11.9. The fourth-order valence-corrected chi connectivity index (χ4v) is 1.89. The highest BCUT2D eigenvalue weighted by Crippen LogP contribution is 2.12. The Balaban J connectivity index is 2.46. The molecule has 5 nitrogen and oxygen atoms in total. The summed E-state index contributed by atoms with van der Waals surface area (Å²) in [6.07, 6.45) is 0.0277. The summed E-state index contributed by atoms with van der Waals surface area (Å²) < 4.78 is 5.33. The van der Waals surface area contributed by atoms with Crippen LogP contribution in [0.2, 0.25) is 0 Å². The first kappa shape index (κ1) is 14.3. The molecule has 0 aromatic heterocycles. The minimum Gasteiger partial charge on any atom is -0.444 e. The molecule has 0 bridgehead atoms. The molecule has 1 rings (SSSR count). The third-order valence-electron chi connectivity index (χ3n) is 2.53. The second-order valence-corrected chi connectivity index (χ2v) is 5.66. The summed E-state index contributed by atoms with van der Waals surface area (Å²) in [5.74, 6) is 0. The van der Waals surface area contributed by atoms with E-state index < -0.39 is 5.60 Å². The molecule has 1 aliphatic rings. The number of aliphatic hydroxyl groups excluding tert-OH is 1. The molecule has 5 heteroatoms. The monoisotopic (exact) mass is 244 g/mol. The van der Waals surface area contributed by atoms with Gasteiger partial charge in [-0.2, -0.15) is 0 Å². The molecule has 0 spiro atoms. The number of piperazine rings is 1. The van der Waals surface area contributed by atoms with Crippen LogP contribution in [0.3, 0.4) is 0 Å². The zero-order chi connectivity index (χ0) is 13.1. The smallest absolute Gasteiger partial charge is 0.410 e. The van der Waals surface area contributed by atoms with E-state index in [2.05, 4.69) is 5.32 Å². The number of aliphatic hydroxyl groups is 1. The Bertz CT molecular complexity index is 261. The summed E-state index contributed by atoms with van der Waals surface area (Å²) >= 11 is 0. The third kappa shape index (κ3) is 5.37. The first-order valence-corrected chi connectivity index (χ1v) is 6.17. The van der Waals surface area contributed by atoms with Gasteiger partial charge in [-0.05, 0) is 34.1 Å². The number of hydrogen-bond donors (Lipinski definition) is 2. The van der Waals surface area contributed by atoms with Crippen molar-refractivity contribution in [1.82, 2.24) is 10.2 Å². The molecule has 0 aliphatic carbocycles. The van der Waals surface area contributed by atoms with Crippen LogP contribution >= 0.6 is 0 Å². The standard InChI is InChI=1S/C12H24N2O3/c1-9(15)7-10-8-14(6-5-13-10)11(16)17-12(2,3)4/h9-10,13,15H,5-8H2,1-4H3/t9?,10-/m0/s1. The van der Waals surface area contributed by atoms with Crippen molar-refractivity contribution < 1.29 is 14.6 Å². The SMILES string of the molecule is CC(O)C[C@H]1CN(C(=O)OC(C)(C)C)CCN1. The Morgan fingerprint density at radius 1 is 1.59 bits per heavy atom. The zero-order valence-electron chi connectivity index (χ0n) is 11.2. The molecule has 2 N–H and O–H groups in total. The number of carbonyl (C=O) groups excluding carboxylic acids is 1. The quantitative estimate of drug-likeness (QED) is 0.759. The van der Waals surface area contributed by atoms with E-state index in [1.54, 1.807) is 11.8 Å². The number of amides is 1. The molecular weight excluding hydrogens is 220 g/mol. The van der Waals surface area contributed by atoms with Crippen molar-refractivity contribution >= 4 is 6.09 Å². The van der Waals surface area contributed by atoms with Crippen molar-refractivity contribution in [3.63, 3.8) is 0 Å². The average Bonchev–Trinajstić information content (AvgIpc) is 2.14. The summed E-state index contributed by atoms with van der Waals surface area (Å²) in [6, 6.07) is 0.149. The molecule has 1 fully saturated rings. The van der Waals surface area contributed by atoms with Gasteiger partial charge in [0, 0.05) is 25.7 Å². The highest BCUT2D eigenvalue weighted by atomic mass is 16.6. The van der Waals surface area contributed by atoms with Crippen molar-refractivity contribution in [2.45, 2.75) is 51.9 Å². The van der Waals surface area contributed by atoms with Gasteiger partial charge in [0.15, 0.2) is 0 Å². The van der Waals surface area contributed by atoms with Gasteiger partial charge in [0.25, 0.3) is 0 Å². The van der Waals surface area contributed by atoms with Crippen molar-refractivity contribution in [2.24, 2.45) is 0 Å². The molecule has 2 atom stereocenters. The van der Waals surface area contributed by atoms with E-state index in [1.807, 2.05) is 20.8 Å². The highest BCUT2D eigenvalue weighted by molar-refractivity contribution is 5.68. The number of hydrogen-bond acceptors (Lipinski definition) is 4. The van der Waals surface area contributed by atoms with Crippen LogP contribution in [-0.2, 0) is 4.74 Å². The van der Waals surface area contributed by atoms with Gasteiger partial charge < -0.3 is 20.1 Å². The first-order chi connectivity index (χ1) is 7.78. The van der Waals surface area contributed by atoms with Crippen LogP contribution in [0.5, 0.6) is 0 Å². The Kier molecular flexibility index (Phi) is 4.77. The Hall–Kier alpha value is -0.810. The Labute approximate surface area is 103 Å². The van der Waals surface area contributed by atoms with Crippen LogP contribution in [0.15, 0.2) is 0 Å². The predicted octanol–water partition coefficient (Wildman–Crippen LogP) is 0.966. The Morgan fingerprint density at radius 2 is 2.24 bits per heavy atom. The fourth-order valence-electron chi connectivity index (χ4n) is 1.89. The lowest BCUT2D eigenvalue weighted by atomic mass is 10.1. The van der Waals surface area contributed by atoms with Crippen molar-refractivity contribution in [2.75, 3.05) is 19.6 Å². The first-order valence-electron chi connectivity index (χ1n) is 6.17. The second kappa shape index (κ2) is 5.69. The van der Waals surface area contributed by atoms with Crippen molar-refractivity contribution in [3.8, 4) is 0 Å². The average molecular weight is 244 g/mol. The van der Waals surface area contributed by atoms with E-state index in [0.717, 1.165) is 6.54 Å². The summed E-state index contributed by atoms with van der Waals surface area (Å²) in [6.45, 7) is 9.34. The summed E-state index contributed by atoms with van der Waals surface area (Å²) in [5, 5.41) is 12.6. The predicted molar refractivity (Wildman–Crippen MR) is 65.9 cm³/mol. The normalized spacial score (nSPS) is 23.4. The van der Waals surface area contributed by atoms with Gasteiger partial charge in [-0.15, -0.1) is 0 Å². The minimum atomic E-state index is -0.457. The second-order valence-electron chi connectivity index (χ2n) is 5.66. The van der Waals surface area contributed by atoms with Crippen LogP contribution in [0.4, 0.5) is 4.79 Å². The lowest BCUT2D eigenvalue weighted by Gasteiger charge is -2.35. The maximum absolute atomic E-state index is 11.9. The van der Waals surface area contributed by atoms with Gasteiger partial charge in [0.2, 0.25) is 0 Å². The summed E-state index contributed by atoms with van der Waals surface area (Å²) in [4.78, 5) is 13.6. The minimum absolute atomic E-state index is 0.149. The Morgan fingerprint density at radius 3 is 2.76 bits per heavy atom. The summed E-state index contributed by atoms with van der Waals surface area (Å²) in [7, 11) is 0. The molecule has 1 unspecified atom stereocenters. The van der Waals surface area contributed by atoms with Crippen molar-refractivity contribution in [3.05, 3.63) is 0 Å². The molecule has 100 valence electrons. The van der Waals surface area contributed by atoms with Crippen molar-refractivity contribution in [1.29, 1.82) is 0 Å². The van der Waals surface area contributed by atoms with E-state index in [1.165, 1.54) is 0 Å². The molecule has 1 aliphatic heterocycles. The number of nitrogens with zero attached hydrogens (tertiary/aromatic N) is 1. The number of ether oxygens (including phenoxy) is 1. The number of nitrogens with one attached hydrogen (secondary N) is 1. The van der Waals surface area contributed by atoms with Crippen LogP contribution in [-0.4, -0.2) is 53.5 Å². The highest BCUT2D eigenvalue weighted by Gasteiger charge is 2.27. The summed E-state index contributed by atoms with van der Waals surface area (Å²) in [5.41, 5.74) is -0.457. The molecule has 0 aromatic carbocycles. The molecule has 1 saturated heterocycles. The molecule has 1 amide bonds. The topological polar surface area (TPSA) is 61.8 Å². The van der Waals surface area contributed by atoms with Crippen LogP contribution < -0.4 is 5.32 Å². The molecule has 1 heterocycles. The maximum Gasteiger partial charge on any atom is 0.410 e. The van der Waals surface area contributed by atoms with E-state index >= 15 is 0 Å². The largest absolute Gasteiger partial charge is 0.444 e. The van der Waals surface area contributed by atoms with Gasteiger partial charge in [-0.3, -0.25) is 0 Å². The molecule has 0 saturated carbocycles. The number of carbonyl (C=O) groups is 1. The van der Waals surface area contributed by atoms with E-state index in [-0.39, 0.29) is 18.2 Å². The third-order valence-corrected chi connectivity index (χ3v) is 2.53. The van der Waals surface area contributed by atoms with Crippen LogP contribution in [0.25, 0.3) is 0 Å². The van der Waals surface area contributed by atoms with Gasteiger partial charge in [0.1, 0.15) is 5.60 Å². The number of rotatable bonds is 2. The van der Waals surface area contributed by atoms with Gasteiger partial charge in [0.05, 0.1) is 6.10 Å². The lowest BCUT2D eigenvalue weighted by molar-refractivity contribution is 0.0174. The molecule has 17 heavy (non-hydrogen) atoms. The fraction of sp³-hybridized carbons (Fsp3) is 0.917. The van der Waals surface area contributed by atoms with Gasteiger partial charge in [-0.25, -0.2) is 4.79 Å².